The van der Waals surface area contributed by atoms with Crippen molar-refractivity contribution < 1.29 is 9.47 Å². The van der Waals surface area contributed by atoms with Crippen LogP contribution < -0.4 is 10.2 Å². The zero-order valence-electron chi connectivity index (χ0n) is 10.4. The molecule has 1 unspecified atom stereocenters. The van der Waals surface area contributed by atoms with Gasteiger partial charge in [-0.15, -0.1) is 5.10 Å². The standard InChI is InChI=1S/C13H18N2O2/c1-9(2)17-13-8-11(14-15-13)10-6-4-5-7-12(10)16-3/h4-7,9,11,14H,8H2,1-3H3. The summed E-state index contributed by atoms with van der Waals surface area (Å²) in [6.45, 7) is 4.00. The summed E-state index contributed by atoms with van der Waals surface area (Å²) in [6, 6.07) is 8.10. The molecule has 0 fully saturated rings. The molecular weight excluding hydrogens is 216 g/mol. The van der Waals surface area contributed by atoms with Crippen LogP contribution >= 0.6 is 0 Å². The van der Waals surface area contributed by atoms with Crippen molar-refractivity contribution in [3.8, 4) is 5.75 Å². The number of rotatable bonds is 3. The Kier molecular flexibility index (Phi) is 3.52. The number of hydrogen-bond acceptors (Lipinski definition) is 4. The number of nitrogens with one attached hydrogen (secondary N) is 1. The average Bonchev–Trinajstić information content (AvgIpc) is 2.76. The molecule has 0 aliphatic carbocycles. The molecule has 0 saturated carbocycles. The molecule has 1 atom stereocenters. The van der Waals surface area contributed by atoms with Gasteiger partial charge in [0.25, 0.3) is 0 Å². The predicted octanol–water partition coefficient (Wildman–Crippen LogP) is 2.47. The number of ether oxygens (including phenoxy) is 2. The van der Waals surface area contributed by atoms with Crippen LogP contribution in [0.15, 0.2) is 29.4 Å². The summed E-state index contributed by atoms with van der Waals surface area (Å²) >= 11 is 0. The molecule has 0 aromatic heterocycles. The van der Waals surface area contributed by atoms with Crippen LogP contribution in [0.5, 0.6) is 5.75 Å². The van der Waals surface area contributed by atoms with E-state index in [9.17, 15) is 0 Å². The van der Waals surface area contributed by atoms with Crippen molar-refractivity contribution in [1.82, 2.24) is 5.43 Å². The SMILES string of the molecule is COc1ccccc1C1CC(OC(C)C)=NN1. The van der Waals surface area contributed by atoms with Crippen molar-refractivity contribution in [1.29, 1.82) is 0 Å². The first-order chi connectivity index (χ1) is 8.20. The topological polar surface area (TPSA) is 42.9 Å². The Bertz CT molecular complexity index is 416. The Balaban J connectivity index is 2.07. The van der Waals surface area contributed by atoms with Crippen LogP contribution in [-0.4, -0.2) is 19.1 Å². The van der Waals surface area contributed by atoms with Crippen molar-refractivity contribution in [2.24, 2.45) is 5.10 Å². The van der Waals surface area contributed by atoms with Gasteiger partial charge in [-0.2, -0.15) is 0 Å². The summed E-state index contributed by atoms with van der Waals surface area (Å²) in [5, 5.41) is 4.20. The molecule has 4 nitrogen and oxygen atoms in total. The molecule has 1 aliphatic rings. The Morgan fingerprint density at radius 2 is 2.12 bits per heavy atom. The van der Waals surface area contributed by atoms with Gasteiger partial charge < -0.3 is 9.47 Å². The van der Waals surface area contributed by atoms with Crippen molar-refractivity contribution in [3.63, 3.8) is 0 Å². The van der Waals surface area contributed by atoms with Gasteiger partial charge in [0.05, 0.1) is 25.7 Å². The predicted molar refractivity (Wildman–Crippen MR) is 67.1 cm³/mol. The quantitative estimate of drug-likeness (QED) is 0.873. The minimum absolute atomic E-state index is 0.139. The maximum Gasteiger partial charge on any atom is 0.208 e. The molecule has 0 spiro atoms. The second-order valence-electron chi connectivity index (χ2n) is 4.30. The molecule has 1 aliphatic heterocycles. The Morgan fingerprint density at radius 1 is 1.35 bits per heavy atom. The number of hydrazone groups is 1. The fourth-order valence-electron chi connectivity index (χ4n) is 1.90. The summed E-state index contributed by atoms with van der Waals surface area (Å²) in [7, 11) is 1.68. The Labute approximate surface area is 102 Å². The third-order valence-corrected chi connectivity index (χ3v) is 2.61. The van der Waals surface area contributed by atoms with Gasteiger partial charge in [-0.25, -0.2) is 0 Å². The number of para-hydroxylation sites is 1. The van der Waals surface area contributed by atoms with Gasteiger partial charge in [-0.3, -0.25) is 5.43 Å². The largest absolute Gasteiger partial charge is 0.496 e. The minimum atomic E-state index is 0.139. The monoisotopic (exact) mass is 234 g/mol. The molecular formula is C13H18N2O2. The minimum Gasteiger partial charge on any atom is -0.496 e. The highest BCUT2D eigenvalue weighted by atomic mass is 16.5. The number of benzene rings is 1. The number of nitrogens with zero attached hydrogens (tertiary/aromatic N) is 1. The summed E-state index contributed by atoms with van der Waals surface area (Å²) in [5.41, 5.74) is 4.20. The zero-order valence-corrected chi connectivity index (χ0v) is 10.4. The molecule has 0 amide bonds. The van der Waals surface area contributed by atoms with Crippen LogP contribution in [0.2, 0.25) is 0 Å². The summed E-state index contributed by atoms with van der Waals surface area (Å²) in [5.74, 6) is 1.64. The first-order valence-corrected chi connectivity index (χ1v) is 5.82. The van der Waals surface area contributed by atoms with E-state index in [-0.39, 0.29) is 12.1 Å². The van der Waals surface area contributed by atoms with Crippen LogP contribution in [-0.2, 0) is 4.74 Å². The first kappa shape index (κ1) is 11.8. The van der Waals surface area contributed by atoms with E-state index < -0.39 is 0 Å². The first-order valence-electron chi connectivity index (χ1n) is 5.82. The summed E-state index contributed by atoms with van der Waals surface area (Å²) in [4.78, 5) is 0. The maximum absolute atomic E-state index is 5.58. The molecule has 0 bridgehead atoms. The smallest absolute Gasteiger partial charge is 0.208 e. The van der Waals surface area contributed by atoms with E-state index in [0.717, 1.165) is 23.6 Å². The van der Waals surface area contributed by atoms with Crippen molar-refractivity contribution in [2.45, 2.75) is 32.4 Å². The number of methoxy groups -OCH3 is 1. The summed E-state index contributed by atoms with van der Waals surface area (Å²) in [6.07, 6.45) is 0.922. The molecule has 1 aromatic carbocycles. The lowest BCUT2D eigenvalue weighted by Crippen LogP contribution is -2.12. The van der Waals surface area contributed by atoms with Gasteiger partial charge in [-0.1, -0.05) is 18.2 Å². The molecule has 4 heteroatoms. The van der Waals surface area contributed by atoms with Crippen molar-refractivity contribution in [2.75, 3.05) is 7.11 Å². The average molecular weight is 234 g/mol. The van der Waals surface area contributed by atoms with E-state index in [4.69, 9.17) is 9.47 Å². The maximum atomic E-state index is 5.58. The van der Waals surface area contributed by atoms with Crippen molar-refractivity contribution >= 4 is 5.90 Å². The van der Waals surface area contributed by atoms with Crippen LogP contribution in [0.1, 0.15) is 31.9 Å². The lowest BCUT2D eigenvalue weighted by atomic mass is 10.0. The highest BCUT2D eigenvalue weighted by Gasteiger charge is 2.24. The Hall–Kier alpha value is -1.71. The highest BCUT2D eigenvalue weighted by Crippen LogP contribution is 2.29. The Morgan fingerprint density at radius 3 is 2.82 bits per heavy atom. The van der Waals surface area contributed by atoms with E-state index >= 15 is 0 Å². The molecule has 1 heterocycles. The fourth-order valence-corrected chi connectivity index (χ4v) is 1.90. The lowest BCUT2D eigenvalue weighted by molar-refractivity contribution is 0.223. The van der Waals surface area contributed by atoms with Crippen LogP contribution in [0, 0.1) is 0 Å². The van der Waals surface area contributed by atoms with Crippen LogP contribution in [0.25, 0.3) is 0 Å². The van der Waals surface area contributed by atoms with E-state index in [1.165, 1.54) is 0 Å². The van der Waals surface area contributed by atoms with Gasteiger partial charge in [0, 0.05) is 5.56 Å². The zero-order chi connectivity index (χ0) is 12.3. The van der Waals surface area contributed by atoms with Gasteiger partial charge in [0.1, 0.15) is 5.75 Å². The van der Waals surface area contributed by atoms with Crippen LogP contribution in [0.3, 0.4) is 0 Å². The molecule has 0 saturated heterocycles. The second-order valence-corrected chi connectivity index (χ2v) is 4.30. The highest BCUT2D eigenvalue weighted by molar-refractivity contribution is 5.78. The van der Waals surface area contributed by atoms with Gasteiger partial charge in [0.15, 0.2) is 0 Å². The molecule has 1 aromatic rings. The van der Waals surface area contributed by atoms with Crippen molar-refractivity contribution in [3.05, 3.63) is 29.8 Å². The normalized spacial score (nSPS) is 18.8. The molecule has 17 heavy (non-hydrogen) atoms. The fraction of sp³-hybridized carbons (Fsp3) is 0.462. The van der Waals surface area contributed by atoms with Gasteiger partial charge in [0.2, 0.25) is 5.90 Å². The van der Waals surface area contributed by atoms with E-state index in [1.807, 2.05) is 38.1 Å². The third kappa shape index (κ3) is 2.70. The van der Waals surface area contributed by atoms with E-state index in [0.29, 0.717) is 0 Å². The van der Waals surface area contributed by atoms with Gasteiger partial charge in [-0.05, 0) is 19.9 Å². The molecule has 1 N–H and O–H groups in total. The number of hydrogen-bond donors (Lipinski definition) is 1. The summed E-state index contributed by atoms with van der Waals surface area (Å²) < 4.78 is 10.9. The molecule has 2 rings (SSSR count). The second kappa shape index (κ2) is 5.08. The third-order valence-electron chi connectivity index (χ3n) is 2.61. The molecule has 92 valence electrons. The van der Waals surface area contributed by atoms with E-state index in [2.05, 4.69) is 10.5 Å². The van der Waals surface area contributed by atoms with Crippen LogP contribution in [0.4, 0.5) is 0 Å². The van der Waals surface area contributed by atoms with E-state index in [1.54, 1.807) is 7.11 Å². The van der Waals surface area contributed by atoms with Gasteiger partial charge >= 0.3 is 0 Å². The lowest BCUT2D eigenvalue weighted by Gasteiger charge is -2.14. The molecule has 0 radical (unpaired) electrons.